The molecule has 1 aromatic heterocycles. The quantitative estimate of drug-likeness (QED) is 0.673. The first-order valence-corrected chi connectivity index (χ1v) is 7.26. The van der Waals surface area contributed by atoms with Gasteiger partial charge in [-0.15, -0.1) is 0 Å². The molecule has 1 atom stereocenters. The van der Waals surface area contributed by atoms with Gasteiger partial charge in [0.1, 0.15) is 0 Å². The molecule has 2 nitrogen and oxygen atoms in total. The average Bonchev–Trinajstić information content (AvgIpc) is 2.91. The Balaban J connectivity index is 1.84. The summed E-state index contributed by atoms with van der Waals surface area (Å²) in [6.07, 6.45) is 3.11. The molecular weight excluding hydrogens is 244 g/mol. The molecule has 0 aliphatic carbocycles. The van der Waals surface area contributed by atoms with Crippen molar-refractivity contribution >= 4 is 11.0 Å². The third-order valence-corrected chi connectivity index (χ3v) is 4.04. The van der Waals surface area contributed by atoms with E-state index in [9.17, 15) is 0 Å². The van der Waals surface area contributed by atoms with Gasteiger partial charge in [0, 0.05) is 6.54 Å². The van der Waals surface area contributed by atoms with Crippen molar-refractivity contribution in [2.45, 2.75) is 32.7 Å². The second-order valence-corrected chi connectivity index (χ2v) is 5.41. The lowest BCUT2D eigenvalue weighted by Crippen LogP contribution is -1.98. The van der Waals surface area contributed by atoms with Crippen LogP contribution < -0.4 is 0 Å². The molecule has 1 heterocycles. The van der Waals surface area contributed by atoms with E-state index in [-0.39, 0.29) is 0 Å². The summed E-state index contributed by atoms with van der Waals surface area (Å²) in [4.78, 5) is 4.44. The monoisotopic (exact) mass is 264 g/mol. The molecular formula is C18H20N2. The van der Waals surface area contributed by atoms with Crippen LogP contribution in [0, 0.1) is 0 Å². The fourth-order valence-electron chi connectivity index (χ4n) is 2.52. The van der Waals surface area contributed by atoms with Gasteiger partial charge in [-0.25, -0.2) is 4.98 Å². The lowest BCUT2D eigenvalue weighted by atomic mass is 9.98. The van der Waals surface area contributed by atoms with Crippen molar-refractivity contribution in [3.63, 3.8) is 0 Å². The van der Waals surface area contributed by atoms with Gasteiger partial charge in [0.15, 0.2) is 0 Å². The number of hydrogen-bond acceptors (Lipinski definition) is 1. The Labute approximate surface area is 120 Å². The van der Waals surface area contributed by atoms with Crippen molar-refractivity contribution in [1.82, 2.24) is 9.55 Å². The predicted molar refractivity (Wildman–Crippen MR) is 84.0 cm³/mol. The molecule has 0 aliphatic rings. The largest absolute Gasteiger partial charge is 0.326 e. The standard InChI is InChI=1S/C18H20N2/c1-3-14(2)16-10-8-15(9-11-16)12-20-13-19-17-6-4-5-7-18(17)20/h4-11,13-14H,3,12H2,1-2H3/t14-/m0/s1. The van der Waals surface area contributed by atoms with Crippen molar-refractivity contribution in [2.75, 3.05) is 0 Å². The van der Waals surface area contributed by atoms with Crippen LogP contribution in [0.15, 0.2) is 54.9 Å². The molecule has 0 fully saturated rings. The Morgan fingerprint density at radius 2 is 1.80 bits per heavy atom. The van der Waals surface area contributed by atoms with Crippen LogP contribution in [0.3, 0.4) is 0 Å². The van der Waals surface area contributed by atoms with Gasteiger partial charge in [0.2, 0.25) is 0 Å². The van der Waals surface area contributed by atoms with E-state index < -0.39 is 0 Å². The number of rotatable bonds is 4. The average molecular weight is 264 g/mol. The Hall–Kier alpha value is -2.09. The van der Waals surface area contributed by atoms with Crippen molar-refractivity contribution in [2.24, 2.45) is 0 Å². The minimum atomic E-state index is 0.637. The normalized spacial score (nSPS) is 12.7. The molecule has 2 aromatic carbocycles. The van der Waals surface area contributed by atoms with Gasteiger partial charge in [-0.1, -0.05) is 50.2 Å². The molecule has 0 aliphatic heterocycles. The van der Waals surface area contributed by atoms with Gasteiger partial charge in [-0.2, -0.15) is 0 Å². The molecule has 3 rings (SSSR count). The molecule has 0 saturated heterocycles. The summed E-state index contributed by atoms with van der Waals surface area (Å²) in [6, 6.07) is 17.2. The second-order valence-electron chi connectivity index (χ2n) is 5.41. The molecule has 3 aromatic rings. The third-order valence-electron chi connectivity index (χ3n) is 4.04. The highest BCUT2D eigenvalue weighted by molar-refractivity contribution is 5.75. The first-order chi connectivity index (χ1) is 9.78. The smallest absolute Gasteiger partial charge is 0.0961 e. The highest BCUT2D eigenvalue weighted by Crippen LogP contribution is 2.20. The van der Waals surface area contributed by atoms with E-state index in [0.29, 0.717) is 5.92 Å². The topological polar surface area (TPSA) is 17.8 Å². The Morgan fingerprint density at radius 1 is 1.05 bits per heavy atom. The predicted octanol–water partition coefficient (Wildman–Crippen LogP) is 4.60. The Kier molecular flexibility index (Phi) is 3.55. The summed E-state index contributed by atoms with van der Waals surface area (Å²) in [7, 11) is 0. The van der Waals surface area contributed by atoms with Crippen molar-refractivity contribution < 1.29 is 0 Å². The fraction of sp³-hybridized carbons (Fsp3) is 0.278. The van der Waals surface area contributed by atoms with Crippen LogP contribution in [-0.4, -0.2) is 9.55 Å². The SMILES string of the molecule is CC[C@H](C)c1ccc(Cn2cnc3ccccc32)cc1. The minimum Gasteiger partial charge on any atom is -0.326 e. The van der Waals surface area contributed by atoms with Gasteiger partial charge in [0.25, 0.3) is 0 Å². The molecule has 0 radical (unpaired) electrons. The number of fused-ring (bicyclic) bond motifs is 1. The zero-order valence-electron chi connectivity index (χ0n) is 12.1. The molecule has 0 N–H and O–H groups in total. The molecule has 0 spiro atoms. The van der Waals surface area contributed by atoms with Crippen LogP contribution >= 0.6 is 0 Å². The van der Waals surface area contributed by atoms with Crippen LogP contribution in [0.4, 0.5) is 0 Å². The van der Waals surface area contributed by atoms with E-state index in [4.69, 9.17) is 0 Å². The zero-order chi connectivity index (χ0) is 13.9. The number of para-hydroxylation sites is 2. The first-order valence-electron chi connectivity index (χ1n) is 7.26. The molecule has 0 amide bonds. The van der Waals surface area contributed by atoms with Crippen molar-refractivity contribution in [3.8, 4) is 0 Å². The van der Waals surface area contributed by atoms with E-state index in [1.165, 1.54) is 23.1 Å². The maximum absolute atomic E-state index is 4.44. The maximum Gasteiger partial charge on any atom is 0.0961 e. The lowest BCUT2D eigenvalue weighted by Gasteiger charge is -2.10. The number of aromatic nitrogens is 2. The van der Waals surface area contributed by atoms with Crippen LogP contribution in [0.25, 0.3) is 11.0 Å². The van der Waals surface area contributed by atoms with Crippen LogP contribution in [0.5, 0.6) is 0 Å². The van der Waals surface area contributed by atoms with E-state index in [1.54, 1.807) is 0 Å². The van der Waals surface area contributed by atoms with Gasteiger partial charge in [0.05, 0.1) is 17.4 Å². The summed E-state index contributed by atoms with van der Waals surface area (Å²) < 4.78 is 2.20. The van der Waals surface area contributed by atoms with Crippen molar-refractivity contribution in [3.05, 3.63) is 66.0 Å². The van der Waals surface area contributed by atoms with E-state index in [1.807, 2.05) is 12.4 Å². The molecule has 20 heavy (non-hydrogen) atoms. The maximum atomic E-state index is 4.44. The fourth-order valence-corrected chi connectivity index (χ4v) is 2.52. The van der Waals surface area contributed by atoms with Crippen LogP contribution in [0.1, 0.15) is 37.3 Å². The van der Waals surface area contributed by atoms with E-state index in [2.05, 4.69) is 65.9 Å². The summed E-state index contributed by atoms with van der Waals surface area (Å²) in [6.45, 7) is 5.38. The molecule has 102 valence electrons. The number of benzene rings is 2. The lowest BCUT2D eigenvalue weighted by molar-refractivity contribution is 0.732. The van der Waals surface area contributed by atoms with Crippen LogP contribution in [-0.2, 0) is 6.54 Å². The zero-order valence-corrected chi connectivity index (χ0v) is 12.1. The first kappa shape index (κ1) is 12.9. The number of nitrogens with zero attached hydrogens (tertiary/aromatic N) is 2. The van der Waals surface area contributed by atoms with E-state index in [0.717, 1.165) is 12.1 Å². The minimum absolute atomic E-state index is 0.637. The Morgan fingerprint density at radius 3 is 2.55 bits per heavy atom. The van der Waals surface area contributed by atoms with E-state index >= 15 is 0 Å². The molecule has 2 heteroatoms. The highest BCUT2D eigenvalue weighted by Gasteiger charge is 2.04. The molecule has 0 saturated carbocycles. The third kappa shape index (κ3) is 2.46. The summed E-state index contributed by atoms with van der Waals surface area (Å²) in [5.74, 6) is 0.637. The summed E-state index contributed by atoms with van der Waals surface area (Å²) >= 11 is 0. The number of imidazole rings is 1. The van der Waals surface area contributed by atoms with Gasteiger partial charge in [-0.3, -0.25) is 0 Å². The van der Waals surface area contributed by atoms with Crippen molar-refractivity contribution in [1.29, 1.82) is 0 Å². The molecule has 0 unspecified atom stereocenters. The van der Waals surface area contributed by atoms with Gasteiger partial charge in [-0.05, 0) is 35.6 Å². The highest BCUT2D eigenvalue weighted by atomic mass is 15.0. The molecule has 0 bridgehead atoms. The van der Waals surface area contributed by atoms with Crippen LogP contribution in [0.2, 0.25) is 0 Å². The summed E-state index contributed by atoms with van der Waals surface area (Å²) in [5, 5.41) is 0. The van der Waals surface area contributed by atoms with Gasteiger partial charge < -0.3 is 4.57 Å². The summed E-state index contributed by atoms with van der Waals surface area (Å²) in [5.41, 5.74) is 4.99. The van der Waals surface area contributed by atoms with Gasteiger partial charge >= 0.3 is 0 Å². The number of hydrogen-bond donors (Lipinski definition) is 0. The Bertz CT molecular complexity index is 695. The second kappa shape index (κ2) is 5.49.